The molecule has 1 heterocycles. The fourth-order valence-electron chi connectivity index (χ4n) is 3.48. The molecule has 0 spiro atoms. The summed E-state index contributed by atoms with van der Waals surface area (Å²) in [6.45, 7) is 3.06. The number of aliphatic carboxylic acids is 1. The molecule has 4 atom stereocenters. The zero-order valence-corrected chi connectivity index (χ0v) is 20.3. The second-order valence-corrected chi connectivity index (χ2v) is 8.91. The lowest BCUT2D eigenvalue weighted by Gasteiger charge is -2.25. The Morgan fingerprint density at radius 3 is 2.06 bits per heavy atom. The molecule has 0 saturated heterocycles. The summed E-state index contributed by atoms with van der Waals surface area (Å²) < 4.78 is 0. The summed E-state index contributed by atoms with van der Waals surface area (Å²) in [6.07, 6.45) is 3.21. The van der Waals surface area contributed by atoms with Gasteiger partial charge in [0.2, 0.25) is 17.7 Å². The van der Waals surface area contributed by atoms with Gasteiger partial charge in [-0.1, -0.05) is 44.2 Å². The van der Waals surface area contributed by atoms with Gasteiger partial charge in [-0.05, 0) is 17.9 Å². The molecule has 12 nitrogen and oxygen atoms in total. The monoisotopic (exact) mass is 502 g/mol. The van der Waals surface area contributed by atoms with Gasteiger partial charge in [0.15, 0.2) is 0 Å². The molecule has 0 aliphatic carbocycles. The number of H-pyrrole nitrogens is 1. The minimum Gasteiger partial charge on any atom is -0.480 e. The Labute approximate surface area is 209 Å². The summed E-state index contributed by atoms with van der Waals surface area (Å²) in [5.74, 6) is -3.26. The largest absolute Gasteiger partial charge is 0.480 e. The smallest absolute Gasteiger partial charge is 0.326 e. The van der Waals surface area contributed by atoms with Crippen LogP contribution in [-0.4, -0.2) is 74.6 Å². The maximum atomic E-state index is 13.3. The average Bonchev–Trinajstić information content (AvgIpc) is 3.35. The van der Waals surface area contributed by atoms with Gasteiger partial charge in [-0.2, -0.15) is 0 Å². The molecule has 0 fully saturated rings. The number of aliphatic hydroxyl groups excluding tert-OH is 1. The molecule has 12 heteroatoms. The Balaban J connectivity index is 2.26. The summed E-state index contributed by atoms with van der Waals surface area (Å²) in [5.41, 5.74) is 6.86. The van der Waals surface area contributed by atoms with E-state index in [0.29, 0.717) is 5.69 Å². The standard InChI is InChI=1S/C24H34N6O6/c1-14(2)8-20(24(35)36)30-22(33)18(9-15-6-4-3-5-7-15)29-23(34)19(10-16-11-26-13-27-16)28-21(32)17(25)12-31/h3-7,11,13-14,17-20,31H,8-10,12,25H2,1-2H3,(H,26,27)(H,28,32)(H,29,34)(H,30,33)(H,35,36). The molecule has 0 saturated carbocycles. The second kappa shape index (κ2) is 14.0. The Morgan fingerprint density at radius 1 is 0.944 bits per heavy atom. The van der Waals surface area contributed by atoms with E-state index in [0.717, 1.165) is 5.56 Å². The van der Waals surface area contributed by atoms with E-state index in [1.54, 1.807) is 30.3 Å². The Kier molecular flexibility index (Phi) is 11.0. The van der Waals surface area contributed by atoms with Gasteiger partial charge >= 0.3 is 5.97 Å². The van der Waals surface area contributed by atoms with Gasteiger partial charge < -0.3 is 36.9 Å². The van der Waals surface area contributed by atoms with Crippen LogP contribution < -0.4 is 21.7 Å². The first-order valence-electron chi connectivity index (χ1n) is 11.6. The predicted molar refractivity (Wildman–Crippen MR) is 130 cm³/mol. The van der Waals surface area contributed by atoms with E-state index >= 15 is 0 Å². The van der Waals surface area contributed by atoms with Crippen LogP contribution in [-0.2, 0) is 32.0 Å². The highest BCUT2D eigenvalue weighted by atomic mass is 16.4. The number of nitrogens with zero attached hydrogens (tertiary/aromatic N) is 1. The van der Waals surface area contributed by atoms with Crippen molar-refractivity contribution in [3.05, 3.63) is 54.1 Å². The quantitative estimate of drug-likeness (QED) is 0.172. The van der Waals surface area contributed by atoms with Crippen molar-refractivity contribution < 1.29 is 29.4 Å². The molecule has 0 aliphatic rings. The molecule has 3 amide bonds. The molecule has 1 aromatic heterocycles. The Morgan fingerprint density at radius 2 is 1.53 bits per heavy atom. The minimum atomic E-state index is -1.24. The molecule has 36 heavy (non-hydrogen) atoms. The van der Waals surface area contributed by atoms with Gasteiger partial charge in [0.1, 0.15) is 24.2 Å². The number of carboxylic acid groups (broad SMARTS) is 1. The first-order chi connectivity index (χ1) is 17.1. The van der Waals surface area contributed by atoms with Crippen LogP contribution in [0.25, 0.3) is 0 Å². The fraction of sp³-hybridized carbons (Fsp3) is 0.458. The number of hydrogen-bond acceptors (Lipinski definition) is 7. The molecule has 196 valence electrons. The Bertz CT molecular complexity index is 998. The normalized spacial score (nSPS) is 14.4. The van der Waals surface area contributed by atoms with Crippen molar-refractivity contribution in [3.63, 3.8) is 0 Å². The van der Waals surface area contributed by atoms with Crippen LogP contribution in [0.5, 0.6) is 0 Å². The van der Waals surface area contributed by atoms with E-state index < -0.39 is 54.5 Å². The van der Waals surface area contributed by atoms with Crippen molar-refractivity contribution in [2.75, 3.05) is 6.61 Å². The summed E-state index contributed by atoms with van der Waals surface area (Å²) in [6, 6.07) is 4.28. The molecule has 0 bridgehead atoms. The number of amides is 3. The third-order valence-corrected chi connectivity index (χ3v) is 5.38. The lowest BCUT2D eigenvalue weighted by molar-refractivity contribution is -0.142. The number of carbonyl (C=O) groups is 4. The summed E-state index contributed by atoms with van der Waals surface area (Å²) >= 11 is 0. The number of nitrogens with one attached hydrogen (secondary N) is 4. The van der Waals surface area contributed by atoms with Crippen LogP contribution in [0.4, 0.5) is 0 Å². The van der Waals surface area contributed by atoms with Gasteiger partial charge in [-0.25, -0.2) is 9.78 Å². The highest BCUT2D eigenvalue weighted by molar-refractivity contribution is 5.94. The number of imidazole rings is 1. The third kappa shape index (κ3) is 9.12. The van der Waals surface area contributed by atoms with E-state index in [2.05, 4.69) is 25.9 Å². The molecular weight excluding hydrogens is 468 g/mol. The number of hydrogen-bond donors (Lipinski definition) is 7. The van der Waals surface area contributed by atoms with Gasteiger partial charge in [-0.3, -0.25) is 14.4 Å². The SMILES string of the molecule is CC(C)CC(NC(=O)C(Cc1ccccc1)NC(=O)C(Cc1cnc[nH]1)NC(=O)C(N)CO)C(=O)O. The summed E-state index contributed by atoms with van der Waals surface area (Å²) in [7, 11) is 0. The van der Waals surface area contributed by atoms with Crippen LogP contribution in [0.3, 0.4) is 0 Å². The lowest BCUT2D eigenvalue weighted by atomic mass is 10.0. The maximum Gasteiger partial charge on any atom is 0.326 e. The van der Waals surface area contributed by atoms with E-state index in [9.17, 15) is 29.4 Å². The van der Waals surface area contributed by atoms with Crippen molar-refractivity contribution in [3.8, 4) is 0 Å². The number of aliphatic hydroxyl groups is 1. The number of aromatic nitrogens is 2. The molecule has 0 aliphatic heterocycles. The first-order valence-corrected chi connectivity index (χ1v) is 11.6. The van der Waals surface area contributed by atoms with Gasteiger partial charge in [0.25, 0.3) is 0 Å². The van der Waals surface area contributed by atoms with Crippen molar-refractivity contribution >= 4 is 23.7 Å². The van der Waals surface area contributed by atoms with Crippen LogP contribution >= 0.6 is 0 Å². The van der Waals surface area contributed by atoms with Crippen LogP contribution in [0.1, 0.15) is 31.5 Å². The second-order valence-electron chi connectivity index (χ2n) is 8.91. The number of benzene rings is 1. The van der Waals surface area contributed by atoms with E-state index in [1.165, 1.54) is 12.5 Å². The molecule has 2 aromatic rings. The van der Waals surface area contributed by atoms with Crippen molar-refractivity contribution in [1.82, 2.24) is 25.9 Å². The molecule has 8 N–H and O–H groups in total. The lowest BCUT2D eigenvalue weighted by Crippen LogP contribution is -2.58. The number of aromatic amines is 1. The van der Waals surface area contributed by atoms with Crippen molar-refractivity contribution in [2.45, 2.75) is 57.3 Å². The number of rotatable bonds is 14. The highest BCUT2D eigenvalue weighted by Gasteiger charge is 2.31. The van der Waals surface area contributed by atoms with E-state index in [-0.39, 0.29) is 25.2 Å². The van der Waals surface area contributed by atoms with E-state index in [1.807, 2.05) is 13.8 Å². The van der Waals surface area contributed by atoms with Crippen LogP contribution in [0.2, 0.25) is 0 Å². The van der Waals surface area contributed by atoms with Gasteiger partial charge in [-0.15, -0.1) is 0 Å². The molecule has 4 unspecified atom stereocenters. The van der Waals surface area contributed by atoms with Crippen LogP contribution in [0.15, 0.2) is 42.9 Å². The topological polar surface area (TPSA) is 200 Å². The molecular formula is C24H34N6O6. The zero-order chi connectivity index (χ0) is 26.7. The predicted octanol–water partition coefficient (Wildman–Crippen LogP) is -0.900. The van der Waals surface area contributed by atoms with Crippen LogP contribution in [0, 0.1) is 5.92 Å². The average molecular weight is 503 g/mol. The number of carboxylic acids is 1. The van der Waals surface area contributed by atoms with Gasteiger partial charge in [0.05, 0.1) is 12.9 Å². The molecule has 1 aromatic carbocycles. The minimum absolute atomic E-state index is 0.0123. The molecule has 2 rings (SSSR count). The maximum absolute atomic E-state index is 13.3. The van der Waals surface area contributed by atoms with Gasteiger partial charge in [0, 0.05) is 24.7 Å². The number of nitrogens with two attached hydrogens (primary N) is 1. The van der Waals surface area contributed by atoms with E-state index in [4.69, 9.17) is 5.73 Å². The highest BCUT2D eigenvalue weighted by Crippen LogP contribution is 2.09. The van der Waals surface area contributed by atoms with Crippen molar-refractivity contribution in [2.24, 2.45) is 11.7 Å². The first kappa shape index (κ1) is 28.5. The summed E-state index contributed by atoms with van der Waals surface area (Å²) in [5, 5.41) is 26.4. The summed E-state index contributed by atoms with van der Waals surface area (Å²) in [4.78, 5) is 57.1. The zero-order valence-electron chi connectivity index (χ0n) is 20.3. The number of carbonyl (C=O) groups excluding carboxylic acids is 3. The molecule has 0 radical (unpaired) electrons. The Hall–Kier alpha value is -3.77. The van der Waals surface area contributed by atoms with Crippen molar-refractivity contribution in [1.29, 1.82) is 0 Å². The fourth-order valence-corrected chi connectivity index (χ4v) is 3.48. The third-order valence-electron chi connectivity index (χ3n) is 5.38.